The summed E-state index contributed by atoms with van der Waals surface area (Å²) in [4.78, 5) is 0. The van der Waals surface area contributed by atoms with Crippen molar-refractivity contribution in [3.05, 3.63) is 71.3 Å². The molecule has 1 unspecified atom stereocenters. The van der Waals surface area contributed by atoms with E-state index >= 15 is 0 Å². The highest BCUT2D eigenvalue weighted by molar-refractivity contribution is 5.21. The van der Waals surface area contributed by atoms with Crippen LogP contribution in [0, 0.1) is 11.6 Å². The van der Waals surface area contributed by atoms with E-state index in [0.717, 1.165) is 23.8 Å². The van der Waals surface area contributed by atoms with Crippen LogP contribution in [0.1, 0.15) is 11.1 Å². The van der Waals surface area contributed by atoms with E-state index in [-0.39, 0.29) is 12.0 Å². The molecule has 0 bridgehead atoms. The Kier molecular flexibility index (Phi) is 4.05. The van der Waals surface area contributed by atoms with Gasteiger partial charge in [-0.15, -0.1) is 0 Å². The standard InChI is InChI=1S/C15H14F2O/c16-13-6-7-15(17)12(9-13)10-14(18)8-11-4-2-1-3-5-11/h1-7,9,14,18H,8,10H2. The third-order valence-electron chi connectivity index (χ3n) is 2.78. The van der Waals surface area contributed by atoms with Gasteiger partial charge in [0.15, 0.2) is 0 Å². The molecular weight excluding hydrogens is 234 g/mol. The molecule has 1 nitrogen and oxygen atoms in total. The smallest absolute Gasteiger partial charge is 0.126 e. The second-order valence-electron chi connectivity index (χ2n) is 4.28. The Balaban J connectivity index is 2.03. The van der Waals surface area contributed by atoms with Crippen LogP contribution in [0.4, 0.5) is 8.78 Å². The van der Waals surface area contributed by atoms with Crippen LogP contribution in [-0.2, 0) is 12.8 Å². The maximum Gasteiger partial charge on any atom is 0.126 e. The fourth-order valence-corrected chi connectivity index (χ4v) is 1.91. The minimum atomic E-state index is -0.719. The van der Waals surface area contributed by atoms with Gasteiger partial charge in [0.2, 0.25) is 0 Å². The summed E-state index contributed by atoms with van der Waals surface area (Å²) < 4.78 is 26.4. The minimum absolute atomic E-state index is 0.110. The number of benzene rings is 2. The molecule has 0 aliphatic heterocycles. The van der Waals surface area contributed by atoms with E-state index < -0.39 is 17.7 Å². The molecule has 94 valence electrons. The average Bonchev–Trinajstić information content (AvgIpc) is 2.35. The Morgan fingerprint density at radius 3 is 2.39 bits per heavy atom. The predicted molar refractivity (Wildman–Crippen MR) is 66.2 cm³/mol. The summed E-state index contributed by atoms with van der Waals surface area (Å²) in [6.45, 7) is 0. The van der Waals surface area contributed by atoms with E-state index in [1.54, 1.807) is 0 Å². The fraction of sp³-hybridized carbons (Fsp3) is 0.200. The van der Waals surface area contributed by atoms with E-state index in [2.05, 4.69) is 0 Å². The van der Waals surface area contributed by atoms with Crippen LogP contribution >= 0.6 is 0 Å². The molecule has 0 heterocycles. The van der Waals surface area contributed by atoms with Crippen molar-refractivity contribution in [3.8, 4) is 0 Å². The van der Waals surface area contributed by atoms with Crippen LogP contribution in [-0.4, -0.2) is 11.2 Å². The lowest BCUT2D eigenvalue weighted by Crippen LogP contribution is -2.15. The number of hydrogen-bond donors (Lipinski definition) is 1. The van der Waals surface area contributed by atoms with Crippen molar-refractivity contribution in [2.75, 3.05) is 0 Å². The van der Waals surface area contributed by atoms with Crippen molar-refractivity contribution >= 4 is 0 Å². The summed E-state index contributed by atoms with van der Waals surface area (Å²) in [6, 6.07) is 12.7. The number of rotatable bonds is 4. The van der Waals surface area contributed by atoms with Crippen LogP contribution < -0.4 is 0 Å². The average molecular weight is 248 g/mol. The summed E-state index contributed by atoms with van der Waals surface area (Å²) in [6.07, 6.45) is -0.182. The van der Waals surface area contributed by atoms with Gasteiger partial charge in [0.25, 0.3) is 0 Å². The highest BCUT2D eigenvalue weighted by Gasteiger charge is 2.11. The highest BCUT2D eigenvalue weighted by atomic mass is 19.1. The van der Waals surface area contributed by atoms with Crippen LogP contribution in [0.3, 0.4) is 0 Å². The fourth-order valence-electron chi connectivity index (χ4n) is 1.91. The lowest BCUT2D eigenvalue weighted by molar-refractivity contribution is 0.174. The molecule has 0 fully saturated rings. The maximum atomic E-state index is 13.4. The van der Waals surface area contributed by atoms with Crippen LogP contribution in [0.15, 0.2) is 48.5 Å². The molecule has 3 heteroatoms. The molecule has 0 aliphatic carbocycles. The van der Waals surface area contributed by atoms with Crippen LogP contribution in [0.5, 0.6) is 0 Å². The summed E-state index contributed by atoms with van der Waals surface area (Å²) in [7, 11) is 0. The van der Waals surface area contributed by atoms with Gasteiger partial charge >= 0.3 is 0 Å². The lowest BCUT2D eigenvalue weighted by Gasteiger charge is -2.11. The van der Waals surface area contributed by atoms with Gasteiger partial charge in [-0.05, 0) is 35.7 Å². The molecule has 1 N–H and O–H groups in total. The van der Waals surface area contributed by atoms with Gasteiger partial charge in [0.1, 0.15) is 11.6 Å². The van der Waals surface area contributed by atoms with E-state index in [0.29, 0.717) is 6.42 Å². The van der Waals surface area contributed by atoms with E-state index in [9.17, 15) is 13.9 Å². The Hall–Kier alpha value is -1.74. The SMILES string of the molecule is OC(Cc1ccccc1)Cc1cc(F)ccc1F. The van der Waals surface area contributed by atoms with Crippen molar-refractivity contribution in [2.45, 2.75) is 18.9 Å². The Labute approximate surface area is 105 Å². The van der Waals surface area contributed by atoms with Crippen LogP contribution in [0.25, 0.3) is 0 Å². The van der Waals surface area contributed by atoms with Gasteiger partial charge in [-0.25, -0.2) is 8.78 Å². The Morgan fingerprint density at radius 2 is 1.67 bits per heavy atom. The molecule has 0 amide bonds. The Bertz CT molecular complexity index is 511. The molecule has 0 spiro atoms. The maximum absolute atomic E-state index is 13.4. The number of halogens is 2. The van der Waals surface area contributed by atoms with Crippen molar-refractivity contribution in [1.29, 1.82) is 0 Å². The van der Waals surface area contributed by atoms with E-state index in [1.165, 1.54) is 0 Å². The van der Waals surface area contributed by atoms with Crippen LogP contribution in [0.2, 0.25) is 0 Å². The minimum Gasteiger partial charge on any atom is -0.392 e. The predicted octanol–water partition coefficient (Wildman–Crippen LogP) is 3.11. The first-order valence-electron chi connectivity index (χ1n) is 5.81. The largest absolute Gasteiger partial charge is 0.392 e. The molecule has 0 aromatic heterocycles. The first-order valence-corrected chi connectivity index (χ1v) is 5.81. The topological polar surface area (TPSA) is 20.2 Å². The molecule has 0 radical (unpaired) electrons. The van der Waals surface area contributed by atoms with Gasteiger partial charge in [0, 0.05) is 6.42 Å². The quantitative estimate of drug-likeness (QED) is 0.881. The Morgan fingerprint density at radius 1 is 0.944 bits per heavy atom. The number of aliphatic hydroxyl groups excluding tert-OH is 1. The molecule has 0 saturated heterocycles. The zero-order valence-corrected chi connectivity index (χ0v) is 9.81. The van der Waals surface area contributed by atoms with Crippen molar-refractivity contribution < 1.29 is 13.9 Å². The van der Waals surface area contributed by atoms with Gasteiger partial charge in [-0.1, -0.05) is 30.3 Å². The van der Waals surface area contributed by atoms with Gasteiger partial charge in [0.05, 0.1) is 6.10 Å². The van der Waals surface area contributed by atoms with Crippen molar-refractivity contribution in [3.63, 3.8) is 0 Å². The van der Waals surface area contributed by atoms with Crippen molar-refractivity contribution in [2.24, 2.45) is 0 Å². The molecule has 2 aromatic carbocycles. The normalized spacial score (nSPS) is 12.4. The zero-order valence-electron chi connectivity index (χ0n) is 9.81. The van der Waals surface area contributed by atoms with E-state index in [1.807, 2.05) is 30.3 Å². The third-order valence-corrected chi connectivity index (χ3v) is 2.78. The second-order valence-corrected chi connectivity index (χ2v) is 4.28. The highest BCUT2D eigenvalue weighted by Crippen LogP contribution is 2.14. The molecule has 1 atom stereocenters. The molecule has 18 heavy (non-hydrogen) atoms. The van der Waals surface area contributed by atoms with Gasteiger partial charge in [-0.3, -0.25) is 0 Å². The first-order chi connectivity index (χ1) is 8.65. The van der Waals surface area contributed by atoms with Gasteiger partial charge < -0.3 is 5.11 Å². The molecular formula is C15H14F2O. The summed E-state index contributed by atoms with van der Waals surface area (Å²) in [5.41, 5.74) is 1.18. The summed E-state index contributed by atoms with van der Waals surface area (Å²) in [5.74, 6) is -0.971. The zero-order chi connectivity index (χ0) is 13.0. The third kappa shape index (κ3) is 3.37. The molecule has 0 aliphatic rings. The second kappa shape index (κ2) is 5.74. The molecule has 0 saturated carbocycles. The first kappa shape index (κ1) is 12.7. The summed E-state index contributed by atoms with van der Waals surface area (Å²) >= 11 is 0. The molecule has 2 rings (SSSR count). The van der Waals surface area contributed by atoms with Gasteiger partial charge in [-0.2, -0.15) is 0 Å². The molecule has 2 aromatic rings. The van der Waals surface area contributed by atoms with E-state index in [4.69, 9.17) is 0 Å². The summed E-state index contributed by atoms with van der Waals surface area (Å²) in [5, 5.41) is 9.88. The number of hydrogen-bond acceptors (Lipinski definition) is 1. The monoisotopic (exact) mass is 248 g/mol. The van der Waals surface area contributed by atoms with Crippen molar-refractivity contribution in [1.82, 2.24) is 0 Å². The lowest BCUT2D eigenvalue weighted by atomic mass is 10.0. The number of aliphatic hydroxyl groups is 1.